The summed E-state index contributed by atoms with van der Waals surface area (Å²) in [5.74, 6) is 0.372. The van der Waals surface area contributed by atoms with Gasteiger partial charge in [0.15, 0.2) is 0 Å². The molecule has 0 aliphatic rings. The van der Waals surface area contributed by atoms with Crippen molar-refractivity contribution in [2.45, 2.75) is 27.2 Å². The molecule has 3 aromatic rings. The van der Waals surface area contributed by atoms with Crippen LogP contribution in [0.3, 0.4) is 0 Å². The van der Waals surface area contributed by atoms with Gasteiger partial charge in [0.1, 0.15) is 5.76 Å². The van der Waals surface area contributed by atoms with Crippen molar-refractivity contribution in [3.8, 4) is 10.8 Å². The molecular weight excluding hydrogens is 376 g/mol. The lowest BCUT2D eigenvalue weighted by atomic mass is 10.1. The highest BCUT2D eigenvalue weighted by Crippen LogP contribution is 2.26. The average molecular weight is 398 g/mol. The van der Waals surface area contributed by atoms with Crippen LogP contribution in [0.1, 0.15) is 22.6 Å². The summed E-state index contributed by atoms with van der Waals surface area (Å²) in [6, 6.07) is 9.75. The van der Waals surface area contributed by atoms with Gasteiger partial charge in [-0.1, -0.05) is 23.8 Å². The van der Waals surface area contributed by atoms with E-state index in [2.05, 4.69) is 21.2 Å². The van der Waals surface area contributed by atoms with Crippen LogP contribution in [-0.2, 0) is 16.0 Å². The van der Waals surface area contributed by atoms with Crippen molar-refractivity contribution < 1.29 is 14.0 Å². The smallest absolute Gasteiger partial charge is 0.257 e. The van der Waals surface area contributed by atoms with Gasteiger partial charge >= 0.3 is 0 Å². The van der Waals surface area contributed by atoms with Crippen LogP contribution in [0.25, 0.3) is 10.8 Å². The summed E-state index contributed by atoms with van der Waals surface area (Å²) in [6.07, 6.45) is 0.0193. The van der Waals surface area contributed by atoms with E-state index >= 15 is 0 Å². The molecular formula is C20H22N4O3S. The summed E-state index contributed by atoms with van der Waals surface area (Å²) in [5.41, 5.74) is 8.44. The van der Waals surface area contributed by atoms with Crippen LogP contribution in [0.5, 0.6) is 0 Å². The number of carbonyl (C=O) groups is 2. The van der Waals surface area contributed by atoms with Crippen LogP contribution in [-0.4, -0.2) is 23.3 Å². The molecule has 146 valence electrons. The molecule has 0 aliphatic carbocycles. The first-order valence-corrected chi connectivity index (χ1v) is 9.69. The number of amides is 2. The molecule has 3 rings (SSSR count). The fourth-order valence-electron chi connectivity index (χ4n) is 2.67. The summed E-state index contributed by atoms with van der Waals surface area (Å²) in [6.45, 7) is 5.80. The molecule has 0 fully saturated rings. The fourth-order valence-corrected chi connectivity index (χ4v) is 3.31. The van der Waals surface area contributed by atoms with Gasteiger partial charge in [0, 0.05) is 5.69 Å². The molecule has 0 saturated heterocycles. The first kappa shape index (κ1) is 19.6. The summed E-state index contributed by atoms with van der Waals surface area (Å²) >= 11 is 1.52. The number of hydrogen-bond donors (Lipinski definition) is 3. The number of thiophene rings is 1. The molecule has 3 N–H and O–H groups in total. The number of rotatable bonds is 6. The zero-order valence-corrected chi connectivity index (χ0v) is 16.8. The highest BCUT2D eigenvalue weighted by atomic mass is 32.1. The minimum Gasteiger partial charge on any atom is -0.440 e. The molecule has 7 nitrogen and oxygen atoms in total. The Labute approximate surface area is 167 Å². The molecule has 0 spiro atoms. The summed E-state index contributed by atoms with van der Waals surface area (Å²) in [7, 11) is 0. The quantitative estimate of drug-likeness (QED) is 0.555. The Morgan fingerprint density at radius 1 is 1.11 bits per heavy atom. The number of oxazole rings is 1. The predicted octanol–water partition coefficient (Wildman–Crippen LogP) is 3.13. The van der Waals surface area contributed by atoms with Crippen molar-refractivity contribution in [2.75, 3.05) is 11.9 Å². The van der Waals surface area contributed by atoms with E-state index in [1.54, 1.807) is 6.92 Å². The van der Waals surface area contributed by atoms with Crippen molar-refractivity contribution >= 4 is 28.8 Å². The zero-order chi connectivity index (χ0) is 20.1. The number of aromatic nitrogens is 1. The number of nitrogens with one attached hydrogen (secondary N) is 3. The number of aryl methyl sites for hydroxylation is 3. The van der Waals surface area contributed by atoms with Gasteiger partial charge in [0.2, 0.25) is 11.8 Å². The molecule has 0 unspecified atom stereocenters. The highest BCUT2D eigenvalue weighted by Gasteiger charge is 2.15. The monoisotopic (exact) mass is 398 g/mol. The average Bonchev–Trinajstić information content (AvgIpc) is 3.30. The number of hydrogen-bond acceptors (Lipinski definition) is 6. The van der Waals surface area contributed by atoms with E-state index in [1.807, 2.05) is 49.6 Å². The second kappa shape index (κ2) is 8.71. The first-order chi connectivity index (χ1) is 13.4. The van der Waals surface area contributed by atoms with Gasteiger partial charge in [-0.2, -0.15) is 0 Å². The molecule has 0 aliphatic heterocycles. The van der Waals surface area contributed by atoms with Crippen LogP contribution < -0.4 is 16.2 Å². The lowest BCUT2D eigenvalue weighted by Crippen LogP contribution is -2.44. The Kier molecular flexibility index (Phi) is 6.10. The van der Waals surface area contributed by atoms with Crippen LogP contribution >= 0.6 is 11.3 Å². The second-order valence-corrected chi connectivity index (χ2v) is 7.39. The Morgan fingerprint density at radius 2 is 1.89 bits per heavy atom. The van der Waals surface area contributed by atoms with Gasteiger partial charge in [0.25, 0.3) is 5.91 Å². The van der Waals surface area contributed by atoms with Crippen molar-refractivity contribution in [2.24, 2.45) is 0 Å². The third-order valence-corrected chi connectivity index (χ3v) is 4.97. The van der Waals surface area contributed by atoms with Gasteiger partial charge in [-0.25, -0.2) is 4.98 Å². The Bertz CT molecular complexity index is 980. The number of benzene rings is 1. The maximum Gasteiger partial charge on any atom is 0.257 e. The Hall–Kier alpha value is -3.13. The van der Waals surface area contributed by atoms with E-state index in [-0.39, 0.29) is 24.8 Å². The predicted molar refractivity (Wildman–Crippen MR) is 109 cm³/mol. The van der Waals surface area contributed by atoms with Gasteiger partial charge in [-0.05, 0) is 43.8 Å². The second-order valence-electron chi connectivity index (χ2n) is 6.44. The Balaban J connectivity index is 1.47. The molecule has 1 aromatic carbocycles. The van der Waals surface area contributed by atoms with Gasteiger partial charge in [-0.15, -0.1) is 11.3 Å². The van der Waals surface area contributed by atoms with E-state index in [9.17, 15) is 9.59 Å². The fraction of sp³-hybridized carbons (Fsp3) is 0.250. The van der Waals surface area contributed by atoms with E-state index in [4.69, 9.17) is 4.42 Å². The SMILES string of the molecule is Cc1ccc(NCC(=O)NNC(=O)Cc2nc(-c3cccs3)oc2C)c(C)c1. The number of hydrazine groups is 1. The molecule has 8 heteroatoms. The van der Waals surface area contributed by atoms with Crippen LogP contribution in [0.15, 0.2) is 40.1 Å². The first-order valence-electron chi connectivity index (χ1n) is 8.81. The number of anilines is 1. The molecule has 0 radical (unpaired) electrons. The topological polar surface area (TPSA) is 96.3 Å². The molecule has 2 aromatic heterocycles. The standard InChI is InChI=1S/C20H22N4O3S/c1-12-6-7-15(13(2)9-12)21-11-19(26)24-23-18(25)10-16-14(3)27-20(22-16)17-5-4-8-28-17/h4-9,21H,10-11H2,1-3H3,(H,23,25)(H,24,26). The highest BCUT2D eigenvalue weighted by molar-refractivity contribution is 7.13. The molecule has 28 heavy (non-hydrogen) atoms. The van der Waals surface area contributed by atoms with Gasteiger partial charge in [0.05, 0.1) is 23.5 Å². The number of carbonyl (C=O) groups excluding carboxylic acids is 2. The van der Waals surface area contributed by atoms with Crippen molar-refractivity contribution in [1.29, 1.82) is 0 Å². The third kappa shape index (κ3) is 4.98. The van der Waals surface area contributed by atoms with Crippen LogP contribution in [0, 0.1) is 20.8 Å². The van der Waals surface area contributed by atoms with Crippen molar-refractivity contribution in [1.82, 2.24) is 15.8 Å². The molecule has 2 heterocycles. The molecule has 0 saturated carbocycles. The van der Waals surface area contributed by atoms with Gasteiger partial charge in [-0.3, -0.25) is 20.4 Å². The zero-order valence-electron chi connectivity index (χ0n) is 16.0. The van der Waals surface area contributed by atoms with Crippen molar-refractivity contribution in [3.05, 3.63) is 58.3 Å². The van der Waals surface area contributed by atoms with Crippen LogP contribution in [0.4, 0.5) is 5.69 Å². The number of nitrogens with zero attached hydrogens (tertiary/aromatic N) is 1. The van der Waals surface area contributed by atoms with E-state index in [0.29, 0.717) is 17.3 Å². The van der Waals surface area contributed by atoms with Crippen molar-refractivity contribution in [3.63, 3.8) is 0 Å². The summed E-state index contributed by atoms with van der Waals surface area (Å²) < 4.78 is 5.61. The normalized spacial score (nSPS) is 10.5. The van der Waals surface area contributed by atoms with Gasteiger partial charge < -0.3 is 9.73 Å². The molecule has 2 amide bonds. The molecule has 0 bridgehead atoms. The van der Waals surface area contributed by atoms with E-state index in [0.717, 1.165) is 21.7 Å². The maximum atomic E-state index is 12.1. The van der Waals surface area contributed by atoms with Crippen LogP contribution in [0.2, 0.25) is 0 Å². The van der Waals surface area contributed by atoms with E-state index in [1.165, 1.54) is 11.3 Å². The van der Waals surface area contributed by atoms with E-state index < -0.39 is 0 Å². The summed E-state index contributed by atoms with van der Waals surface area (Å²) in [4.78, 5) is 29.3. The largest absolute Gasteiger partial charge is 0.440 e. The lowest BCUT2D eigenvalue weighted by Gasteiger charge is -2.11. The summed E-state index contributed by atoms with van der Waals surface area (Å²) in [5, 5.41) is 4.99. The minimum absolute atomic E-state index is 0.0193. The maximum absolute atomic E-state index is 12.1. The molecule has 0 atom stereocenters. The minimum atomic E-state index is -0.367. The third-order valence-electron chi connectivity index (χ3n) is 4.12. The lowest BCUT2D eigenvalue weighted by molar-refractivity contribution is -0.127. The Morgan fingerprint density at radius 3 is 2.61 bits per heavy atom.